The lowest BCUT2D eigenvalue weighted by Gasteiger charge is -2.28. The van der Waals surface area contributed by atoms with Gasteiger partial charge in [0, 0.05) is 0 Å². The van der Waals surface area contributed by atoms with Crippen LogP contribution in [0.25, 0.3) is 6.08 Å². The number of imide groups is 2. The molecule has 38 heavy (non-hydrogen) atoms. The lowest BCUT2D eigenvalue weighted by Crippen LogP contribution is -2.54. The van der Waals surface area contributed by atoms with Crippen molar-refractivity contribution in [2.45, 2.75) is 40.7 Å². The van der Waals surface area contributed by atoms with Crippen LogP contribution in [0.2, 0.25) is 5.02 Å². The Hall–Kier alpha value is -4.10. The first kappa shape index (κ1) is 26.9. The first-order chi connectivity index (χ1) is 18.2. The third kappa shape index (κ3) is 5.73. The van der Waals surface area contributed by atoms with Gasteiger partial charge in [0.15, 0.2) is 11.5 Å². The summed E-state index contributed by atoms with van der Waals surface area (Å²) < 4.78 is 11.8. The van der Waals surface area contributed by atoms with E-state index in [-0.39, 0.29) is 17.2 Å². The van der Waals surface area contributed by atoms with Gasteiger partial charge in [-0.05, 0) is 68.2 Å². The van der Waals surface area contributed by atoms with Crippen LogP contribution in [0.4, 0.5) is 10.5 Å². The minimum absolute atomic E-state index is 0.196. The van der Waals surface area contributed by atoms with E-state index in [0.29, 0.717) is 35.8 Å². The molecule has 0 atom stereocenters. The fourth-order valence-corrected chi connectivity index (χ4v) is 4.73. The lowest BCUT2D eigenvalue weighted by molar-refractivity contribution is -0.122. The van der Waals surface area contributed by atoms with Crippen LogP contribution < -0.4 is 19.7 Å². The molecule has 3 aromatic rings. The molecule has 1 N–H and O–H groups in total. The molecule has 1 saturated heterocycles. The molecule has 196 valence electrons. The van der Waals surface area contributed by atoms with E-state index in [9.17, 15) is 14.4 Å². The number of halogens is 1. The summed E-state index contributed by atoms with van der Waals surface area (Å²) in [5, 5.41) is 2.53. The number of barbiturate groups is 1. The first-order valence-electron chi connectivity index (χ1n) is 12.4. The van der Waals surface area contributed by atoms with Crippen LogP contribution in [0.3, 0.4) is 0 Å². The maximum absolute atomic E-state index is 13.4. The highest BCUT2D eigenvalue weighted by molar-refractivity contribution is 6.39. The molecule has 3 aromatic carbocycles. The van der Waals surface area contributed by atoms with E-state index in [4.69, 9.17) is 21.1 Å². The Morgan fingerprint density at radius 3 is 2.34 bits per heavy atom. The number of nitrogens with one attached hydrogen (secondary N) is 1. The molecule has 0 bridgehead atoms. The van der Waals surface area contributed by atoms with E-state index < -0.39 is 17.8 Å². The second-order valence-corrected chi connectivity index (χ2v) is 9.39. The zero-order valence-corrected chi connectivity index (χ0v) is 22.5. The number of anilines is 1. The zero-order chi connectivity index (χ0) is 27.4. The second-order valence-electron chi connectivity index (χ2n) is 8.99. The van der Waals surface area contributed by atoms with Gasteiger partial charge in [-0.15, -0.1) is 0 Å². The van der Waals surface area contributed by atoms with Crippen molar-refractivity contribution in [3.8, 4) is 11.5 Å². The Morgan fingerprint density at radius 2 is 1.66 bits per heavy atom. The number of amides is 4. The molecule has 0 saturated carbocycles. The van der Waals surface area contributed by atoms with Crippen LogP contribution in [0.1, 0.15) is 41.7 Å². The maximum Gasteiger partial charge on any atom is 0.335 e. The molecule has 0 spiro atoms. The van der Waals surface area contributed by atoms with E-state index in [1.165, 1.54) is 6.08 Å². The fraction of sp³-hybridized carbons (Fsp3) is 0.233. The summed E-state index contributed by atoms with van der Waals surface area (Å²) in [6.07, 6.45) is 2.00. The molecule has 8 heteroatoms. The van der Waals surface area contributed by atoms with Gasteiger partial charge in [-0.25, -0.2) is 9.69 Å². The maximum atomic E-state index is 13.4. The summed E-state index contributed by atoms with van der Waals surface area (Å²) in [6, 6.07) is 15.7. The van der Waals surface area contributed by atoms with Crippen LogP contribution in [-0.4, -0.2) is 24.5 Å². The van der Waals surface area contributed by atoms with Gasteiger partial charge in [-0.3, -0.25) is 14.9 Å². The third-order valence-corrected chi connectivity index (χ3v) is 6.30. The summed E-state index contributed by atoms with van der Waals surface area (Å²) in [6.45, 7) is 8.45. The number of ether oxygens (including phenoxy) is 2. The fourth-order valence-electron chi connectivity index (χ4n) is 4.45. The molecule has 0 radical (unpaired) electrons. The number of carbonyl (C=O) groups excluding carboxylic acids is 3. The lowest BCUT2D eigenvalue weighted by atomic mass is 10.0. The van der Waals surface area contributed by atoms with E-state index in [0.717, 1.165) is 27.2 Å². The van der Waals surface area contributed by atoms with Gasteiger partial charge in [0.2, 0.25) is 0 Å². The summed E-state index contributed by atoms with van der Waals surface area (Å²) in [5.74, 6) is -0.759. The number of rotatable bonds is 8. The Kier molecular flexibility index (Phi) is 8.17. The van der Waals surface area contributed by atoms with Gasteiger partial charge in [-0.1, -0.05) is 66.0 Å². The number of carbonyl (C=O) groups is 3. The molecule has 1 heterocycles. The smallest absolute Gasteiger partial charge is 0.335 e. The molecule has 0 unspecified atom stereocenters. The quantitative estimate of drug-likeness (QED) is 0.277. The predicted molar refractivity (Wildman–Crippen MR) is 148 cm³/mol. The number of nitrogens with zero attached hydrogens (tertiary/aromatic N) is 1. The number of hydrogen-bond acceptors (Lipinski definition) is 5. The van der Waals surface area contributed by atoms with Gasteiger partial charge in [0.05, 0.1) is 17.3 Å². The van der Waals surface area contributed by atoms with E-state index in [1.807, 2.05) is 52.0 Å². The molecule has 7 nitrogen and oxygen atoms in total. The van der Waals surface area contributed by atoms with Crippen LogP contribution >= 0.6 is 11.6 Å². The van der Waals surface area contributed by atoms with Crippen molar-refractivity contribution in [1.82, 2.24) is 5.32 Å². The Balaban J connectivity index is 1.68. The topological polar surface area (TPSA) is 84.9 Å². The highest BCUT2D eigenvalue weighted by Gasteiger charge is 2.37. The highest BCUT2D eigenvalue weighted by atomic mass is 35.5. The van der Waals surface area contributed by atoms with Crippen molar-refractivity contribution < 1.29 is 23.9 Å². The Labute approximate surface area is 227 Å². The van der Waals surface area contributed by atoms with E-state index in [1.54, 1.807) is 24.3 Å². The summed E-state index contributed by atoms with van der Waals surface area (Å²) >= 11 is 6.59. The number of benzene rings is 3. The van der Waals surface area contributed by atoms with Crippen LogP contribution in [0, 0.1) is 13.8 Å². The molecular formula is C30H29ClN2O5. The number of para-hydroxylation sites is 1. The van der Waals surface area contributed by atoms with Crippen molar-refractivity contribution in [1.29, 1.82) is 0 Å². The van der Waals surface area contributed by atoms with Crippen molar-refractivity contribution in [2.75, 3.05) is 11.5 Å². The third-order valence-electron chi connectivity index (χ3n) is 6.02. The Morgan fingerprint density at radius 1 is 0.947 bits per heavy atom. The van der Waals surface area contributed by atoms with Crippen molar-refractivity contribution in [3.63, 3.8) is 0 Å². The molecule has 0 aliphatic carbocycles. The molecule has 1 fully saturated rings. The van der Waals surface area contributed by atoms with E-state index >= 15 is 0 Å². The van der Waals surface area contributed by atoms with Crippen molar-refractivity contribution >= 4 is 41.2 Å². The molecule has 1 aliphatic heterocycles. The molecule has 0 aromatic heterocycles. The van der Waals surface area contributed by atoms with Gasteiger partial charge in [-0.2, -0.15) is 0 Å². The van der Waals surface area contributed by atoms with Gasteiger partial charge in [0.25, 0.3) is 11.8 Å². The van der Waals surface area contributed by atoms with Crippen LogP contribution in [0.5, 0.6) is 11.5 Å². The standard InChI is InChI=1S/C30H29ClN2O5/c1-5-22-9-7-8-10-25(22)33-29(35)23(28(34)32-30(33)36)14-20-15-24(31)27(26(16-20)37-6-2)38-17-21-12-18(3)11-19(4)13-21/h7-16H,5-6,17H2,1-4H3,(H,32,34,36)/b23-14-. The van der Waals surface area contributed by atoms with Crippen LogP contribution in [0.15, 0.2) is 60.2 Å². The first-order valence-corrected chi connectivity index (χ1v) is 12.7. The monoisotopic (exact) mass is 532 g/mol. The number of aryl methyl sites for hydroxylation is 3. The summed E-state index contributed by atoms with van der Waals surface area (Å²) in [5.41, 5.74) is 4.74. The second kappa shape index (κ2) is 11.5. The van der Waals surface area contributed by atoms with Gasteiger partial charge in [0.1, 0.15) is 12.2 Å². The minimum atomic E-state index is -0.791. The molecule has 1 aliphatic rings. The molecule has 4 amide bonds. The number of urea groups is 1. The number of hydrogen-bond donors (Lipinski definition) is 1. The molecule has 4 rings (SSSR count). The highest BCUT2D eigenvalue weighted by Crippen LogP contribution is 2.38. The summed E-state index contributed by atoms with van der Waals surface area (Å²) in [7, 11) is 0. The van der Waals surface area contributed by atoms with Crippen LogP contribution in [-0.2, 0) is 22.6 Å². The SMILES string of the molecule is CCOc1cc(/C=C2/C(=O)NC(=O)N(c3ccccc3CC)C2=O)cc(Cl)c1OCc1cc(C)cc(C)c1. The Bertz CT molecular complexity index is 1430. The van der Waals surface area contributed by atoms with Crippen molar-refractivity contribution in [3.05, 3.63) is 93.0 Å². The largest absolute Gasteiger partial charge is 0.490 e. The minimum Gasteiger partial charge on any atom is -0.490 e. The average Bonchev–Trinajstić information content (AvgIpc) is 2.86. The van der Waals surface area contributed by atoms with Crippen molar-refractivity contribution in [2.24, 2.45) is 0 Å². The van der Waals surface area contributed by atoms with E-state index in [2.05, 4.69) is 11.4 Å². The zero-order valence-electron chi connectivity index (χ0n) is 21.8. The molecular weight excluding hydrogens is 504 g/mol. The summed E-state index contributed by atoms with van der Waals surface area (Å²) in [4.78, 5) is 39.7. The van der Waals surface area contributed by atoms with Gasteiger partial charge < -0.3 is 9.47 Å². The average molecular weight is 533 g/mol. The normalized spacial score (nSPS) is 14.6. The predicted octanol–water partition coefficient (Wildman–Crippen LogP) is 6.16. The van der Waals surface area contributed by atoms with Gasteiger partial charge >= 0.3 is 6.03 Å².